The summed E-state index contributed by atoms with van der Waals surface area (Å²) in [5.74, 6) is 0.117. The lowest BCUT2D eigenvalue weighted by Gasteiger charge is -2.12. The van der Waals surface area contributed by atoms with Crippen molar-refractivity contribution in [3.63, 3.8) is 0 Å². The minimum Gasteiger partial charge on any atom is -0.496 e. The fourth-order valence-electron chi connectivity index (χ4n) is 3.96. The van der Waals surface area contributed by atoms with Crippen LogP contribution in [0.15, 0.2) is 54.3 Å². The van der Waals surface area contributed by atoms with Crippen LogP contribution in [0.3, 0.4) is 0 Å². The van der Waals surface area contributed by atoms with E-state index in [0.717, 1.165) is 17.7 Å². The number of imidazole rings is 2. The normalized spacial score (nSPS) is 12.0. The van der Waals surface area contributed by atoms with Gasteiger partial charge < -0.3 is 18.5 Å². The molecule has 0 bridgehead atoms. The predicted molar refractivity (Wildman–Crippen MR) is 126 cm³/mol. The third-order valence-electron chi connectivity index (χ3n) is 5.69. The van der Waals surface area contributed by atoms with Crippen LogP contribution >= 0.6 is 0 Å². The third kappa shape index (κ3) is 3.53. The molecule has 0 aliphatic carbocycles. The molecular formula is C24H22FN7O2. The van der Waals surface area contributed by atoms with Crippen molar-refractivity contribution in [3.8, 4) is 28.0 Å². The molecule has 5 aromatic rings. The molecular weight excluding hydrogens is 437 g/mol. The second kappa shape index (κ2) is 8.54. The average Bonchev–Trinajstić information content (AvgIpc) is 3.47. The van der Waals surface area contributed by atoms with Crippen molar-refractivity contribution in [3.05, 3.63) is 60.7 Å². The highest BCUT2D eigenvalue weighted by molar-refractivity contribution is 5.97. The van der Waals surface area contributed by atoms with Crippen molar-refractivity contribution in [2.75, 3.05) is 14.2 Å². The molecule has 9 nitrogen and oxygen atoms in total. The lowest BCUT2D eigenvalue weighted by atomic mass is 9.99. The smallest absolute Gasteiger partial charge is 0.183 e. The predicted octanol–water partition coefficient (Wildman–Crippen LogP) is 4.35. The van der Waals surface area contributed by atoms with Crippen LogP contribution in [0.4, 0.5) is 4.39 Å². The minimum atomic E-state index is -0.379. The average molecular weight is 459 g/mol. The van der Waals surface area contributed by atoms with Crippen LogP contribution in [0.25, 0.3) is 39.1 Å². The Kier molecular flexibility index (Phi) is 5.40. The number of rotatable bonds is 6. The number of hydrogen-bond acceptors (Lipinski definition) is 7. The second-order valence-corrected chi connectivity index (χ2v) is 7.66. The van der Waals surface area contributed by atoms with Crippen LogP contribution in [0.1, 0.15) is 19.5 Å². The molecule has 4 heterocycles. The fraction of sp³-hybridized carbons (Fsp3) is 0.208. The van der Waals surface area contributed by atoms with Gasteiger partial charge in [0.05, 0.1) is 19.6 Å². The maximum Gasteiger partial charge on any atom is 0.183 e. The van der Waals surface area contributed by atoms with Crippen LogP contribution in [0.2, 0.25) is 0 Å². The number of nitrogens with zero attached hydrogens (tertiary/aromatic N) is 7. The summed E-state index contributed by atoms with van der Waals surface area (Å²) < 4.78 is 24.5. The highest BCUT2D eigenvalue weighted by Gasteiger charge is 2.18. The van der Waals surface area contributed by atoms with Gasteiger partial charge in [-0.25, -0.2) is 14.4 Å². The molecule has 5 rings (SSSR count). The molecule has 0 aliphatic heterocycles. The molecule has 0 N–H and O–H groups in total. The molecule has 0 radical (unpaired) electrons. The van der Waals surface area contributed by atoms with Crippen molar-refractivity contribution in [1.29, 1.82) is 0 Å². The van der Waals surface area contributed by atoms with Gasteiger partial charge in [0.25, 0.3) is 0 Å². The van der Waals surface area contributed by atoms with E-state index in [0.29, 0.717) is 45.1 Å². The molecule has 34 heavy (non-hydrogen) atoms. The number of methoxy groups -OCH3 is 1. The number of halogens is 1. The van der Waals surface area contributed by atoms with E-state index in [1.165, 1.54) is 13.2 Å². The summed E-state index contributed by atoms with van der Waals surface area (Å²) in [6, 6.07) is 6.69. The van der Waals surface area contributed by atoms with E-state index in [2.05, 4.69) is 25.3 Å². The number of aromatic nitrogens is 6. The Morgan fingerprint density at radius 2 is 1.97 bits per heavy atom. The first-order valence-corrected chi connectivity index (χ1v) is 10.7. The maximum absolute atomic E-state index is 15.1. The molecule has 1 aromatic carbocycles. The fourth-order valence-corrected chi connectivity index (χ4v) is 3.96. The van der Waals surface area contributed by atoms with Crippen LogP contribution in [-0.2, 0) is 11.4 Å². The molecule has 0 amide bonds. The standard InChI is InChI=1S/C24H22FN7O2/c1-5-31-13-26-23-17(10-27-29-24(23)31)15-6-7-19(25)16(8-15)18-11-32-12-20(14(2)30-34-4)28-22(32)9-21(18)33-3/h6-13H,5H2,1-4H3/b30-14+. The Labute approximate surface area is 194 Å². The van der Waals surface area contributed by atoms with Gasteiger partial charge in [0.2, 0.25) is 0 Å². The van der Waals surface area contributed by atoms with Crippen LogP contribution < -0.4 is 4.74 Å². The van der Waals surface area contributed by atoms with Gasteiger partial charge in [-0.1, -0.05) is 11.2 Å². The summed E-state index contributed by atoms with van der Waals surface area (Å²) in [7, 11) is 3.03. The summed E-state index contributed by atoms with van der Waals surface area (Å²) in [4.78, 5) is 13.9. The van der Waals surface area contributed by atoms with Gasteiger partial charge in [0.15, 0.2) is 5.65 Å². The van der Waals surface area contributed by atoms with Gasteiger partial charge in [-0.15, -0.1) is 5.10 Å². The quantitative estimate of drug-likeness (QED) is 0.277. The monoisotopic (exact) mass is 459 g/mol. The third-order valence-corrected chi connectivity index (χ3v) is 5.69. The largest absolute Gasteiger partial charge is 0.496 e. The van der Waals surface area contributed by atoms with E-state index in [1.54, 1.807) is 51.0 Å². The highest BCUT2D eigenvalue weighted by Crippen LogP contribution is 2.36. The van der Waals surface area contributed by atoms with Gasteiger partial charge in [-0.05, 0) is 31.5 Å². The Morgan fingerprint density at radius 1 is 1.12 bits per heavy atom. The summed E-state index contributed by atoms with van der Waals surface area (Å²) >= 11 is 0. The van der Waals surface area contributed by atoms with Crippen molar-refractivity contribution in [2.45, 2.75) is 20.4 Å². The van der Waals surface area contributed by atoms with Crippen LogP contribution in [0, 0.1) is 5.82 Å². The van der Waals surface area contributed by atoms with Gasteiger partial charge in [0, 0.05) is 41.7 Å². The summed E-state index contributed by atoms with van der Waals surface area (Å²) in [6.45, 7) is 4.54. The molecule has 172 valence electrons. The number of oxime groups is 1. The Balaban J connectivity index is 1.67. The summed E-state index contributed by atoms with van der Waals surface area (Å²) in [6.07, 6.45) is 6.98. The zero-order valence-corrected chi connectivity index (χ0v) is 19.2. The zero-order valence-electron chi connectivity index (χ0n) is 19.2. The van der Waals surface area contributed by atoms with Crippen molar-refractivity contribution < 1.29 is 14.0 Å². The number of ether oxygens (including phenoxy) is 1. The number of hydrogen-bond donors (Lipinski definition) is 0. The van der Waals surface area contributed by atoms with Gasteiger partial charge >= 0.3 is 0 Å². The number of fused-ring (bicyclic) bond motifs is 2. The first-order chi connectivity index (χ1) is 16.5. The van der Waals surface area contributed by atoms with Crippen molar-refractivity contribution >= 4 is 22.5 Å². The van der Waals surface area contributed by atoms with E-state index >= 15 is 4.39 Å². The van der Waals surface area contributed by atoms with Crippen LogP contribution in [0.5, 0.6) is 5.75 Å². The minimum absolute atomic E-state index is 0.379. The molecule has 4 aromatic heterocycles. The molecule has 10 heteroatoms. The van der Waals surface area contributed by atoms with Crippen LogP contribution in [-0.4, -0.2) is 49.1 Å². The first kappa shape index (κ1) is 21.5. The number of pyridine rings is 1. The maximum atomic E-state index is 15.1. The van der Waals surface area contributed by atoms with Gasteiger partial charge in [0.1, 0.15) is 41.2 Å². The molecule has 0 saturated carbocycles. The topological polar surface area (TPSA) is 91.7 Å². The Morgan fingerprint density at radius 3 is 2.74 bits per heavy atom. The SMILES string of the molecule is CCn1cnc2c(-c3ccc(F)c(-c4cn5cc(/C(C)=N/OC)nc5cc4OC)c3)cnnc21. The molecule has 0 atom stereocenters. The van der Waals surface area contributed by atoms with Gasteiger partial charge in [-0.2, -0.15) is 5.10 Å². The zero-order chi connectivity index (χ0) is 23.8. The Hall–Kier alpha value is -4.34. The molecule has 0 spiro atoms. The summed E-state index contributed by atoms with van der Waals surface area (Å²) in [5, 5.41) is 12.3. The van der Waals surface area contributed by atoms with E-state index < -0.39 is 0 Å². The summed E-state index contributed by atoms with van der Waals surface area (Å²) in [5.41, 5.74) is 5.82. The lowest BCUT2D eigenvalue weighted by Crippen LogP contribution is -1.97. The van der Waals surface area contributed by atoms with Gasteiger partial charge in [-0.3, -0.25) is 0 Å². The lowest BCUT2D eigenvalue weighted by molar-refractivity contribution is 0.213. The number of benzene rings is 1. The van der Waals surface area contributed by atoms with E-state index in [-0.39, 0.29) is 5.82 Å². The molecule has 0 fully saturated rings. The number of aryl methyl sites for hydroxylation is 1. The molecule has 0 aliphatic rings. The molecule has 0 unspecified atom stereocenters. The van der Waals surface area contributed by atoms with E-state index in [9.17, 15) is 0 Å². The Bertz CT molecular complexity index is 1550. The highest BCUT2D eigenvalue weighted by atomic mass is 19.1. The molecule has 0 saturated heterocycles. The second-order valence-electron chi connectivity index (χ2n) is 7.66. The van der Waals surface area contributed by atoms with Crippen molar-refractivity contribution in [1.82, 2.24) is 29.1 Å². The van der Waals surface area contributed by atoms with E-state index in [1.807, 2.05) is 22.1 Å². The van der Waals surface area contributed by atoms with Crippen molar-refractivity contribution in [2.24, 2.45) is 5.16 Å². The first-order valence-electron chi connectivity index (χ1n) is 10.7. The van der Waals surface area contributed by atoms with E-state index in [4.69, 9.17) is 9.57 Å².